The lowest BCUT2D eigenvalue weighted by Gasteiger charge is -2.11. The van der Waals surface area contributed by atoms with Crippen molar-refractivity contribution in [1.82, 2.24) is 5.43 Å². The molecular formula is C20H21N3O6S. The summed E-state index contributed by atoms with van der Waals surface area (Å²) in [5, 5.41) is 16.5. The predicted octanol–water partition coefficient (Wildman–Crippen LogP) is 2.22. The van der Waals surface area contributed by atoms with Crippen LogP contribution < -0.4 is 15.5 Å². The molecule has 3 N–H and O–H groups in total. The molecule has 0 bridgehead atoms. The molecule has 0 fully saturated rings. The van der Waals surface area contributed by atoms with Crippen LogP contribution in [-0.4, -0.2) is 43.3 Å². The number of phenols is 1. The van der Waals surface area contributed by atoms with Crippen LogP contribution in [0.15, 0.2) is 23.3 Å². The molecule has 1 aliphatic rings. The summed E-state index contributed by atoms with van der Waals surface area (Å²) < 4.78 is 9.84. The Bertz CT molecular complexity index is 1010. The zero-order chi connectivity index (χ0) is 21.7. The smallest absolute Gasteiger partial charge is 0.341 e. The number of hydrazone groups is 1. The number of thiophene rings is 1. The molecule has 0 radical (unpaired) electrons. The second-order valence-electron chi connectivity index (χ2n) is 6.46. The number of ether oxygens (including phenoxy) is 2. The van der Waals surface area contributed by atoms with Gasteiger partial charge in [0.25, 0.3) is 0 Å². The van der Waals surface area contributed by atoms with Gasteiger partial charge in [-0.15, -0.1) is 11.3 Å². The molecule has 0 unspecified atom stereocenters. The fraction of sp³-hybridized carbons (Fsp3) is 0.300. The van der Waals surface area contributed by atoms with Gasteiger partial charge in [0, 0.05) is 10.4 Å². The maximum absolute atomic E-state index is 12.3. The zero-order valence-corrected chi connectivity index (χ0v) is 17.3. The number of rotatable bonds is 5. The van der Waals surface area contributed by atoms with Crippen LogP contribution in [0, 0.1) is 0 Å². The maximum Gasteiger partial charge on any atom is 0.341 e. The van der Waals surface area contributed by atoms with Gasteiger partial charge in [-0.1, -0.05) is 6.07 Å². The van der Waals surface area contributed by atoms with E-state index >= 15 is 0 Å². The second kappa shape index (κ2) is 9.40. The van der Waals surface area contributed by atoms with E-state index in [0.717, 1.165) is 36.1 Å². The first kappa shape index (κ1) is 21.3. The van der Waals surface area contributed by atoms with Gasteiger partial charge in [-0.25, -0.2) is 10.2 Å². The summed E-state index contributed by atoms with van der Waals surface area (Å²) in [6, 6.07) is 4.77. The highest BCUT2D eigenvalue weighted by Gasteiger charge is 2.28. The number of methoxy groups -OCH3 is 2. The standard InChI is InChI=1S/C20H21N3O6S/c1-28-13-8-5-6-11(16(13)24)10-21-23-18(26)17(25)22-19-15(20(27)29-2)12-7-3-4-9-14(12)30-19/h5-6,8,10,24H,3-4,7,9H2,1-2H3,(H,22,25)(H,23,26)/b21-10+. The highest BCUT2D eigenvalue weighted by atomic mass is 32.1. The lowest BCUT2D eigenvalue weighted by Crippen LogP contribution is -2.32. The third kappa shape index (κ3) is 4.43. The number of benzene rings is 1. The van der Waals surface area contributed by atoms with Crippen LogP contribution in [0.5, 0.6) is 11.5 Å². The van der Waals surface area contributed by atoms with Gasteiger partial charge in [0.05, 0.1) is 26.0 Å². The highest BCUT2D eigenvalue weighted by molar-refractivity contribution is 7.17. The van der Waals surface area contributed by atoms with E-state index in [2.05, 4.69) is 15.8 Å². The zero-order valence-electron chi connectivity index (χ0n) is 16.5. The van der Waals surface area contributed by atoms with Crippen molar-refractivity contribution < 1.29 is 29.0 Å². The number of para-hydroxylation sites is 1. The number of carbonyl (C=O) groups is 3. The molecule has 1 aromatic heterocycles. The fourth-order valence-electron chi connectivity index (χ4n) is 3.15. The van der Waals surface area contributed by atoms with Crippen LogP contribution in [0.1, 0.15) is 39.2 Å². The number of nitrogens with one attached hydrogen (secondary N) is 2. The first-order valence-corrected chi connectivity index (χ1v) is 10.0. The molecule has 0 spiro atoms. The van der Waals surface area contributed by atoms with Gasteiger partial charge >= 0.3 is 17.8 Å². The van der Waals surface area contributed by atoms with E-state index in [1.807, 2.05) is 0 Å². The highest BCUT2D eigenvalue weighted by Crippen LogP contribution is 2.38. The molecule has 3 rings (SSSR count). The number of phenolic OH excluding ortho intramolecular Hbond substituents is 1. The number of aryl methyl sites for hydroxylation is 1. The van der Waals surface area contributed by atoms with E-state index in [0.29, 0.717) is 16.1 Å². The molecule has 0 saturated heterocycles. The third-order valence-electron chi connectivity index (χ3n) is 4.61. The Morgan fingerprint density at radius 3 is 2.67 bits per heavy atom. The summed E-state index contributed by atoms with van der Waals surface area (Å²) in [7, 11) is 2.68. The van der Waals surface area contributed by atoms with E-state index in [9.17, 15) is 19.5 Å². The summed E-state index contributed by atoms with van der Waals surface area (Å²) in [6.45, 7) is 0. The van der Waals surface area contributed by atoms with Crippen LogP contribution in [-0.2, 0) is 27.2 Å². The number of hydrogen-bond acceptors (Lipinski definition) is 8. The molecule has 0 saturated carbocycles. The lowest BCUT2D eigenvalue weighted by atomic mass is 9.95. The van der Waals surface area contributed by atoms with Gasteiger partial charge in [0.15, 0.2) is 11.5 Å². The van der Waals surface area contributed by atoms with Crippen molar-refractivity contribution >= 4 is 40.3 Å². The van der Waals surface area contributed by atoms with Crippen molar-refractivity contribution in [2.24, 2.45) is 5.10 Å². The Morgan fingerprint density at radius 1 is 1.17 bits per heavy atom. The topological polar surface area (TPSA) is 126 Å². The molecule has 2 aromatic rings. The van der Waals surface area contributed by atoms with Crippen LogP contribution in [0.4, 0.5) is 5.00 Å². The van der Waals surface area contributed by atoms with E-state index in [1.54, 1.807) is 18.2 Å². The van der Waals surface area contributed by atoms with Gasteiger partial charge in [-0.3, -0.25) is 9.59 Å². The average Bonchev–Trinajstić information content (AvgIpc) is 3.12. The summed E-state index contributed by atoms with van der Waals surface area (Å²) in [6.07, 6.45) is 4.70. The Labute approximate surface area is 176 Å². The van der Waals surface area contributed by atoms with Crippen molar-refractivity contribution in [2.45, 2.75) is 25.7 Å². The number of nitrogens with zero attached hydrogens (tertiary/aromatic N) is 1. The largest absolute Gasteiger partial charge is 0.504 e. The molecular weight excluding hydrogens is 410 g/mol. The van der Waals surface area contributed by atoms with Crippen molar-refractivity contribution in [2.75, 3.05) is 19.5 Å². The third-order valence-corrected chi connectivity index (χ3v) is 5.82. The van der Waals surface area contributed by atoms with E-state index in [4.69, 9.17) is 9.47 Å². The number of fused-ring (bicyclic) bond motifs is 1. The first-order chi connectivity index (χ1) is 14.5. The average molecular weight is 431 g/mol. The fourth-order valence-corrected chi connectivity index (χ4v) is 4.42. The quantitative estimate of drug-likeness (QED) is 0.288. The lowest BCUT2D eigenvalue weighted by molar-refractivity contribution is -0.136. The minimum atomic E-state index is -1.02. The summed E-state index contributed by atoms with van der Waals surface area (Å²) in [4.78, 5) is 37.6. The molecule has 30 heavy (non-hydrogen) atoms. The number of esters is 1. The predicted molar refractivity (Wildman–Crippen MR) is 111 cm³/mol. The van der Waals surface area contributed by atoms with Crippen molar-refractivity contribution in [3.8, 4) is 11.5 Å². The van der Waals surface area contributed by atoms with E-state index in [1.165, 1.54) is 31.8 Å². The minimum Gasteiger partial charge on any atom is -0.504 e. The molecule has 9 nitrogen and oxygen atoms in total. The Kier molecular flexibility index (Phi) is 6.68. The molecule has 0 aliphatic heterocycles. The Balaban J connectivity index is 1.70. The number of amides is 2. The molecule has 10 heteroatoms. The van der Waals surface area contributed by atoms with Gasteiger partial charge in [0.2, 0.25) is 0 Å². The Hall–Kier alpha value is -3.40. The molecule has 1 aromatic carbocycles. The monoisotopic (exact) mass is 431 g/mol. The molecule has 1 heterocycles. The molecule has 0 atom stereocenters. The van der Waals surface area contributed by atoms with Gasteiger partial charge in [-0.05, 0) is 43.4 Å². The summed E-state index contributed by atoms with van der Waals surface area (Å²) in [5.41, 5.74) is 3.58. The SMILES string of the molecule is COC(=O)c1c(NC(=O)C(=O)N/N=C/c2cccc(OC)c2O)sc2c1CCCC2. The van der Waals surface area contributed by atoms with Crippen LogP contribution in [0.2, 0.25) is 0 Å². The number of carbonyl (C=O) groups excluding carboxylic acids is 3. The number of anilines is 1. The van der Waals surface area contributed by atoms with Gasteiger partial charge in [0.1, 0.15) is 5.00 Å². The van der Waals surface area contributed by atoms with Crippen molar-refractivity contribution in [1.29, 1.82) is 0 Å². The number of aromatic hydroxyl groups is 1. The molecule has 1 aliphatic carbocycles. The van der Waals surface area contributed by atoms with Crippen LogP contribution >= 0.6 is 11.3 Å². The van der Waals surface area contributed by atoms with Gasteiger partial charge in [-0.2, -0.15) is 5.10 Å². The number of hydrogen-bond donors (Lipinski definition) is 3. The van der Waals surface area contributed by atoms with Gasteiger partial charge < -0.3 is 19.9 Å². The summed E-state index contributed by atoms with van der Waals surface area (Å²) in [5.74, 6) is -2.42. The van der Waals surface area contributed by atoms with Crippen molar-refractivity contribution in [3.63, 3.8) is 0 Å². The molecule has 158 valence electrons. The normalized spacial score (nSPS) is 12.9. The van der Waals surface area contributed by atoms with E-state index < -0.39 is 17.8 Å². The molecule has 2 amide bonds. The van der Waals surface area contributed by atoms with Crippen LogP contribution in [0.25, 0.3) is 0 Å². The maximum atomic E-state index is 12.3. The Morgan fingerprint density at radius 2 is 1.93 bits per heavy atom. The second-order valence-corrected chi connectivity index (χ2v) is 7.56. The van der Waals surface area contributed by atoms with E-state index in [-0.39, 0.29) is 11.5 Å². The summed E-state index contributed by atoms with van der Waals surface area (Å²) >= 11 is 1.28. The van der Waals surface area contributed by atoms with Crippen LogP contribution in [0.3, 0.4) is 0 Å². The minimum absolute atomic E-state index is 0.144. The first-order valence-electron chi connectivity index (χ1n) is 9.19. The van der Waals surface area contributed by atoms with Crippen molar-refractivity contribution in [3.05, 3.63) is 39.8 Å².